The zero-order valence-electron chi connectivity index (χ0n) is 18.6. The highest BCUT2D eigenvalue weighted by Gasteiger charge is 2.23. The van der Waals surface area contributed by atoms with Crippen LogP contribution in [0.5, 0.6) is 0 Å². The normalized spacial score (nSPS) is 14.6. The number of carboxylic acid groups (broad SMARTS) is 1. The van der Waals surface area contributed by atoms with Crippen LogP contribution in [0.25, 0.3) is 10.2 Å². The monoisotopic (exact) mass is 446 g/mol. The average Bonchev–Trinajstić information content (AvgIpc) is 3.15. The Bertz CT molecular complexity index is 1250. The molecule has 1 saturated heterocycles. The van der Waals surface area contributed by atoms with E-state index in [1.165, 1.54) is 17.8 Å². The van der Waals surface area contributed by atoms with Crippen molar-refractivity contribution in [2.75, 3.05) is 13.1 Å². The van der Waals surface area contributed by atoms with Crippen LogP contribution in [0.3, 0.4) is 0 Å². The minimum absolute atomic E-state index is 0.238. The summed E-state index contributed by atoms with van der Waals surface area (Å²) in [4.78, 5) is 24.9. The van der Waals surface area contributed by atoms with Crippen molar-refractivity contribution in [2.24, 2.45) is 4.99 Å². The molecule has 0 radical (unpaired) electrons. The van der Waals surface area contributed by atoms with Crippen molar-refractivity contribution in [1.29, 1.82) is 5.26 Å². The number of carboxylic acids is 1. The third kappa shape index (κ3) is 4.23. The number of rotatable bonds is 4. The number of aromatic carboxylic acids is 1. The summed E-state index contributed by atoms with van der Waals surface area (Å²) >= 11 is 1.20. The smallest absolute Gasteiger partial charge is 0.348 e. The number of amidine groups is 1. The number of fused-ring (bicyclic) bond motifs is 1. The number of pyridine rings is 1. The summed E-state index contributed by atoms with van der Waals surface area (Å²) < 4.78 is 0. The topological polar surface area (TPSA) is 89.6 Å². The molecule has 0 aliphatic carbocycles. The average molecular weight is 447 g/mol. The second-order valence-electron chi connectivity index (χ2n) is 8.26. The number of hydrogen-bond acceptors (Lipinski definition) is 5. The molecule has 164 valence electrons. The highest BCUT2D eigenvalue weighted by Crippen LogP contribution is 2.41. The largest absolute Gasteiger partial charge is 0.477 e. The van der Waals surface area contributed by atoms with Gasteiger partial charge in [-0.2, -0.15) is 5.26 Å². The van der Waals surface area contributed by atoms with Crippen molar-refractivity contribution < 1.29 is 9.90 Å². The number of carbonyl (C=O) groups is 1. The third-order valence-corrected chi connectivity index (χ3v) is 7.20. The first-order valence-electron chi connectivity index (χ1n) is 10.8. The summed E-state index contributed by atoms with van der Waals surface area (Å²) in [5.41, 5.74) is 5.21. The van der Waals surface area contributed by atoms with E-state index in [4.69, 9.17) is 15.2 Å². The zero-order valence-corrected chi connectivity index (χ0v) is 19.4. The first-order valence-corrected chi connectivity index (χ1v) is 11.7. The van der Waals surface area contributed by atoms with E-state index >= 15 is 0 Å². The fraction of sp³-hybridized carbons (Fsp3) is 0.360. The Morgan fingerprint density at radius 3 is 2.53 bits per heavy atom. The molecule has 0 bridgehead atoms. The molecule has 0 amide bonds. The second-order valence-corrected chi connectivity index (χ2v) is 9.26. The maximum Gasteiger partial charge on any atom is 0.348 e. The lowest BCUT2D eigenvalue weighted by Gasteiger charge is -2.28. The molecule has 1 aromatic carbocycles. The van der Waals surface area contributed by atoms with E-state index in [-0.39, 0.29) is 4.88 Å². The number of hydrogen-bond donors (Lipinski definition) is 1. The molecule has 1 aliphatic heterocycles. The van der Waals surface area contributed by atoms with Crippen LogP contribution in [0.2, 0.25) is 0 Å². The maximum atomic E-state index is 12.1. The standard InChI is InChI=1S/C25H26N4O2S/c1-15-20(13-18-7-9-19(14-26)10-8-18)16(2)27-24-21(15)22(23(32-24)25(30)31)28-17(3)29-11-5-4-6-12-29/h7-10H,4-6,11-13H2,1-3H3,(H,30,31). The van der Waals surface area contributed by atoms with Crippen molar-refractivity contribution in [3.05, 3.63) is 57.1 Å². The van der Waals surface area contributed by atoms with Crippen LogP contribution in [0.1, 0.15) is 63.8 Å². The molecule has 0 saturated carbocycles. The van der Waals surface area contributed by atoms with Gasteiger partial charge in [0, 0.05) is 24.2 Å². The van der Waals surface area contributed by atoms with Gasteiger partial charge < -0.3 is 10.0 Å². The van der Waals surface area contributed by atoms with Crippen LogP contribution in [-0.4, -0.2) is 39.9 Å². The van der Waals surface area contributed by atoms with E-state index in [0.29, 0.717) is 22.5 Å². The first-order chi connectivity index (χ1) is 15.4. The molecule has 3 heterocycles. The molecule has 1 N–H and O–H groups in total. The van der Waals surface area contributed by atoms with Gasteiger partial charge in [-0.1, -0.05) is 12.1 Å². The van der Waals surface area contributed by atoms with Crippen LogP contribution in [0.4, 0.5) is 5.69 Å². The Labute approximate surface area is 191 Å². The van der Waals surface area contributed by atoms with Gasteiger partial charge in [0.2, 0.25) is 0 Å². The SMILES string of the molecule is CC(=Nc1c(C(=O)O)sc2nc(C)c(Cc3ccc(C#N)cc3)c(C)c12)N1CCCCC1. The zero-order chi connectivity index (χ0) is 22.8. The Hall–Kier alpha value is -3.24. The molecule has 1 fully saturated rings. The first kappa shape index (κ1) is 22.0. The predicted molar refractivity (Wildman–Crippen MR) is 128 cm³/mol. The Morgan fingerprint density at radius 1 is 1.22 bits per heavy atom. The van der Waals surface area contributed by atoms with Gasteiger partial charge in [-0.15, -0.1) is 11.3 Å². The Morgan fingerprint density at radius 2 is 1.91 bits per heavy atom. The van der Waals surface area contributed by atoms with E-state index in [0.717, 1.165) is 59.5 Å². The quantitative estimate of drug-likeness (QED) is 0.416. The molecule has 7 heteroatoms. The van der Waals surface area contributed by atoms with E-state index < -0.39 is 5.97 Å². The van der Waals surface area contributed by atoms with Gasteiger partial charge in [0.05, 0.1) is 11.6 Å². The van der Waals surface area contributed by atoms with Crippen molar-refractivity contribution in [2.45, 2.75) is 46.5 Å². The third-order valence-electron chi connectivity index (χ3n) is 6.14. The van der Waals surface area contributed by atoms with Crippen molar-refractivity contribution in [3.8, 4) is 6.07 Å². The number of aliphatic imine (C=N–C) groups is 1. The van der Waals surface area contributed by atoms with E-state index in [1.807, 2.05) is 45.0 Å². The predicted octanol–water partition coefficient (Wildman–Crippen LogP) is 5.61. The summed E-state index contributed by atoms with van der Waals surface area (Å²) in [5, 5.41) is 19.8. The molecule has 0 unspecified atom stereocenters. The minimum Gasteiger partial charge on any atom is -0.477 e. The lowest BCUT2D eigenvalue weighted by Crippen LogP contribution is -2.33. The lowest BCUT2D eigenvalue weighted by atomic mass is 9.96. The number of nitrogens with zero attached hydrogens (tertiary/aromatic N) is 4. The summed E-state index contributed by atoms with van der Waals surface area (Å²) in [6.45, 7) is 7.88. The van der Waals surface area contributed by atoms with Crippen LogP contribution < -0.4 is 0 Å². The van der Waals surface area contributed by atoms with Crippen LogP contribution in [-0.2, 0) is 6.42 Å². The molecule has 32 heavy (non-hydrogen) atoms. The van der Waals surface area contributed by atoms with Crippen LogP contribution in [0, 0.1) is 25.2 Å². The van der Waals surface area contributed by atoms with E-state index in [2.05, 4.69) is 11.0 Å². The molecule has 3 aromatic rings. The number of piperidine rings is 1. The van der Waals surface area contributed by atoms with Gasteiger partial charge in [-0.25, -0.2) is 14.8 Å². The number of thiophene rings is 1. The molecule has 6 nitrogen and oxygen atoms in total. The molecule has 0 atom stereocenters. The van der Waals surface area contributed by atoms with Gasteiger partial charge in [0.25, 0.3) is 0 Å². The molecule has 1 aliphatic rings. The van der Waals surface area contributed by atoms with E-state index in [1.54, 1.807) is 0 Å². The number of likely N-dealkylation sites (tertiary alicyclic amines) is 1. The van der Waals surface area contributed by atoms with Crippen molar-refractivity contribution >= 4 is 39.0 Å². The van der Waals surface area contributed by atoms with Gasteiger partial charge in [0.1, 0.15) is 21.2 Å². The molecule has 0 spiro atoms. The number of aryl methyl sites for hydroxylation is 2. The van der Waals surface area contributed by atoms with Gasteiger partial charge in [-0.05, 0) is 75.3 Å². The van der Waals surface area contributed by atoms with Gasteiger partial charge in [0.15, 0.2) is 0 Å². The summed E-state index contributed by atoms with van der Waals surface area (Å²) in [5.74, 6) is -0.107. The maximum absolute atomic E-state index is 12.1. The van der Waals surface area contributed by atoms with Crippen LogP contribution in [0.15, 0.2) is 29.3 Å². The Kier molecular flexibility index (Phi) is 6.24. The van der Waals surface area contributed by atoms with Gasteiger partial charge >= 0.3 is 5.97 Å². The molecule has 4 rings (SSSR count). The molecular weight excluding hydrogens is 420 g/mol. The fourth-order valence-electron chi connectivity index (χ4n) is 4.33. The summed E-state index contributed by atoms with van der Waals surface area (Å²) in [6.07, 6.45) is 4.17. The highest BCUT2D eigenvalue weighted by molar-refractivity contribution is 7.21. The Balaban J connectivity index is 1.83. The number of benzene rings is 1. The fourth-order valence-corrected chi connectivity index (χ4v) is 5.39. The van der Waals surface area contributed by atoms with Gasteiger partial charge in [-0.3, -0.25) is 0 Å². The highest BCUT2D eigenvalue weighted by atomic mass is 32.1. The number of nitriles is 1. The van der Waals surface area contributed by atoms with E-state index in [9.17, 15) is 9.90 Å². The van der Waals surface area contributed by atoms with Crippen molar-refractivity contribution in [3.63, 3.8) is 0 Å². The second kappa shape index (κ2) is 9.09. The van der Waals surface area contributed by atoms with Crippen LogP contribution >= 0.6 is 11.3 Å². The summed E-state index contributed by atoms with van der Waals surface area (Å²) in [7, 11) is 0. The summed E-state index contributed by atoms with van der Waals surface area (Å²) in [6, 6.07) is 9.69. The van der Waals surface area contributed by atoms with Crippen molar-refractivity contribution in [1.82, 2.24) is 9.88 Å². The molecule has 2 aromatic heterocycles. The number of aromatic nitrogens is 1. The lowest BCUT2D eigenvalue weighted by molar-refractivity contribution is 0.0703. The minimum atomic E-state index is -0.969. The molecular formula is C25H26N4O2S.